The van der Waals surface area contributed by atoms with Crippen LogP contribution in [0.5, 0.6) is 0 Å². The van der Waals surface area contributed by atoms with Crippen LogP contribution >= 0.6 is 11.8 Å². The number of rotatable bonds is 7. The van der Waals surface area contributed by atoms with Gasteiger partial charge in [-0.15, -0.1) is 11.8 Å². The van der Waals surface area contributed by atoms with Crippen LogP contribution in [0.3, 0.4) is 0 Å². The molecule has 1 aliphatic heterocycles. The molecule has 1 aliphatic rings. The van der Waals surface area contributed by atoms with E-state index in [4.69, 9.17) is 4.84 Å². The van der Waals surface area contributed by atoms with Crippen molar-refractivity contribution in [3.8, 4) is 11.1 Å². The van der Waals surface area contributed by atoms with Crippen LogP contribution in [-0.2, 0) is 15.4 Å². The highest BCUT2D eigenvalue weighted by Crippen LogP contribution is 2.43. The lowest BCUT2D eigenvalue weighted by molar-refractivity contribution is -0.144. The molecule has 44 heavy (non-hydrogen) atoms. The fourth-order valence-corrected chi connectivity index (χ4v) is 6.63. The molecule has 0 radical (unpaired) electrons. The highest BCUT2D eigenvalue weighted by molar-refractivity contribution is 7.99. The van der Waals surface area contributed by atoms with Gasteiger partial charge >= 0.3 is 12.0 Å². The van der Waals surface area contributed by atoms with Crippen LogP contribution in [0.25, 0.3) is 22.0 Å². The summed E-state index contributed by atoms with van der Waals surface area (Å²) in [4.78, 5) is 39.1. The van der Waals surface area contributed by atoms with Gasteiger partial charge in [-0.25, -0.2) is 14.0 Å². The average molecular weight is 611 g/mol. The molecule has 2 aromatic carbocycles. The molecule has 224 valence electrons. The van der Waals surface area contributed by atoms with E-state index < -0.39 is 5.97 Å². The Labute approximate surface area is 258 Å². The van der Waals surface area contributed by atoms with Crippen molar-refractivity contribution < 1.29 is 18.8 Å². The number of fused-ring (bicyclic) bond motifs is 2. The lowest BCUT2D eigenvalue weighted by Gasteiger charge is -2.12. The molecule has 1 amide bonds. The van der Waals surface area contributed by atoms with E-state index in [2.05, 4.69) is 20.8 Å². The Bertz CT molecular complexity index is 1880. The Morgan fingerprint density at radius 1 is 1.05 bits per heavy atom. The van der Waals surface area contributed by atoms with Crippen LogP contribution in [0, 0.1) is 5.82 Å². The van der Waals surface area contributed by atoms with Crippen LogP contribution in [0.1, 0.15) is 27.8 Å². The number of benzene rings is 2. The molecule has 0 bridgehead atoms. The van der Waals surface area contributed by atoms with Gasteiger partial charge in [-0.1, -0.05) is 35.5 Å². The number of likely N-dealkylation sites (N-methyl/N-ethyl adjacent to an activating group) is 1. The van der Waals surface area contributed by atoms with Crippen LogP contribution in [0.2, 0.25) is 0 Å². The van der Waals surface area contributed by atoms with Gasteiger partial charge in [0.1, 0.15) is 16.9 Å². The van der Waals surface area contributed by atoms with Gasteiger partial charge in [0.05, 0.1) is 12.1 Å². The Kier molecular flexibility index (Phi) is 8.07. The predicted octanol–water partition coefficient (Wildman–Crippen LogP) is 5.82. The molecule has 0 saturated carbocycles. The topological polar surface area (TPSA) is 85.0 Å². The number of hydrogen-bond donors (Lipinski definition) is 0. The highest BCUT2D eigenvalue weighted by atomic mass is 32.2. The molecular weight excluding hydrogens is 579 g/mol. The monoisotopic (exact) mass is 610 g/mol. The molecule has 4 heterocycles. The largest absolute Gasteiger partial charge is 0.348 e. The first-order valence-corrected chi connectivity index (χ1v) is 15.0. The number of thioether (sulfide) groups is 1. The van der Waals surface area contributed by atoms with Crippen molar-refractivity contribution in [1.82, 2.24) is 23.9 Å². The van der Waals surface area contributed by atoms with Crippen LogP contribution in [0.15, 0.2) is 90.6 Å². The molecular formula is C33H31FN6O3S. The summed E-state index contributed by atoms with van der Waals surface area (Å²) in [6.07, 6.45) is 7.37. The minimum Gasteiger partial charge on any atom is -0.333 e. The number of aromatic nitrogens is 3. The lowest BCUT2D eigenvalue weighted by Crippen LogP contribution is -2.26. The Morgan fingerprint density at radius 2 is 1.82 bits per heavy atom. The predicted molar refractivity (Wildman–Crippen MR) is 170 cm³/mol. The first kappa shape index (κ1) is 29.3. The van der Waals surface area contributed by atoms with E-state index in [1.54, 1.807) is 73.9 Å². The summed E-state index contributed by atoms with van der Waals surface area (Å²) < 4.78 is 17.4. The van der Waals surface area contributed by atoms with Crippen molar-refractivity contribution in [3.63, 3.8) is 0 Å². The summed E-state index contributed by atoms with van der Waals surface area (Å²) in [7, 11) is 6.93. The lowest BCUT2D eigenvalue weighted by atomic mass is 9.99. The zero-order chi connectivity index (χ0) is 31.0. The zero-order valence-corrected chi connectivity index (χ0v) is 25.6. The molecule has 0 fully saturated rings. The second-order valence-electron chi connectivity index (χ2n) is 11.0. The molecule has 0 N–H and O–H groups in total. The molecule has 9 nitrogen and oxygen atoms in total. The van der Waals surface area contributed by atoms with E-state index in [1.165, 1.54) is 17.0 Å². The first-order chi connectivity index (χ1) is 21.2. The quantitative estimate of drug-likeness (QED) is 0.131. The van der Waals surface area contributed by atoms with E-state index in [0.717, 1.165) is 33.3 Å². The highest BCUT2D eigenvalue weighted by Gasteiger charge is 2.30. The van der Waals surface area contributed by atoms with Gasteiger partial charge in [-0.2, -0.15) is 0 Å². The first-order valence-electron chi connectivity index (χ1n) is 14.0. The zero-order valence-electron chi connectivity index (χ0n) is 24.8. The molecule has 5 aromatic rings. The summed E-state index contributed by atoms with van der Waals surface area (Å²) in [5, 5.41) is 5.24. The third-order valence-electron chi connectivity index (χ3n) is 7.39. The third kappa shape index (κ3) is 5.63. The second kappa shape index (κ2) is 12.1. The number of nitrogens with zero attached hydrogens (tertiary/aromatic N) is 6. The molecule has 0 saturated heterocycles. The van der Waals surface area contributed by atoms with Crippen LogP contribution < -0.4 is 0 Å². The Morgan fingerprint density at radius 3 is 2.52 bits per heavy atom. The van der Waals surface area contributed by atoms with E-state index in [1.807, 2.05) is 42.7 Å². The second-order valence-corrected chi connectivity index (χ2v) is 12.1. The maximum absolute atomic E-state index is 13.6. The molecule has 11 heteroatoms. The van der Waals surface area contributed by atoms with Crippen molar-refractivity contribution in [2.75, 3.05) is 34.7 Å². The molecule has 3 aromatic heterocycles. The van der Waals surface area contributed by atoms with Gasteiger partial charge in [0.2, 0.25) is 0 Å². The van der Waals surface area contributed by atoms with Gasteiger partial charge in [0.25, 0.3) is 0 Å². The van der Waals surface area contributed by atoms with Crippen molar-refractivity contribution in [3.05, 3.63) is 114 Å². The van der Waals surface area contributed by atoms with Crippen LogP contribution in [-0.4, -0.2) is 76.4 Å². The molecule has 6 rings (SSSR count). The number of carbonyl (C=O) groups is 2. The number of amides is 1. The summed E-state index contributed by atoms with van der Waals surface area (Å²) in [5.74, 6) is -0.120. The number of halogens is 1. The normalized spacial score (nSPS) is 14.7. The minimum atomic E-state index is -0.502. The Balaban J connectivity index is 1.51. The number of carbonyl (C=O) groups excluding carboxylic acids is 2. The summed E-state index contributed by atoms with van der Waals surface area (Å²) in [6.45, 7) is 0.0610. The maximum Gasteiger partial charge on any atom is 0.348 e. The number of hydrogen-bond acceptors (Lipinski definition) is 7. The summed E-state index contributed by atoms with van der Waals surface area (Å²) >= 11 is 1.77. The van der Waals surface area contributed by atoms with Gasteiger partial charge in [0, 0.05) is 72.4 Å². The summed E-state index contributed by atoms with van der Waals surface area (Å²) in [6, 6.07) is 17.7. The van der Waals surface area contributed by atoms with E-state index in [9.17, 15) is 14.0 Å². The molecule has 1 atom stereocenters. The fourth-order valence-electron chi connectivity index (χ4n) is 5.32. The molecule has 0 spiro atoms. The van der Waals surface area contributed by atoms with Crippen LogP contribution in [0.4, 0.5) is 9.18 Å². The smallest absolute Gasteiger partial charge is 0.333 e. The SMILES string of the molecule is CN(C)CC(=O)O/N=C(\c1ccn2c1CS[C@@H]2c1cccnc1)c1cn(C(=O)N(C)C)c2cc(-c3ccc(F)cc3)ccc12. The van der Waals surface area contributed by atoms with Crippen molar-refractivity contribution >= 4 is 40.4 Å². The van der Waals surface area contributed by atoms with Gasteiger partial charge in [0.15, 0.2) is 0 Å². The number of oxime groups is 1. The average Bonchev–Trinajstić information content (AvgIpc) is 3.72. The van der Waals surface area contributed by atoms with Gasteiger partial charge < -0.3 is 14.3 Å². The van der Waals surface area contributed by atoms with E-state index in [0.29, 0.717) is 22.5 Å². The van der Waals surface area contributed by atoms with E-state index in [-0.39, 0.29) is 23.8 Å². The standard InChI is InChI=1S/C33H31FN6O3S/c1-37(2)19-30(41)43-36-31(26-13-15-39-29(26)20-44-32(39)23-6-5-14-35-17-23)27-18-40(33(42)38(3)4)28-16-22(9-12-25(27)28)21-7-10-24(34)11-8-21/h5-18,32H,19-20H2,1-4H3/b36-31+/t32-/m1/s1. The fraction of sp³-hybridized carbons (Fsp3) is 0.212. The van der Waals surface area contributed by atoms with Crippen molar-refractivity contribution in [2.24, 2.45) is 5.16 Å². The van der Waals surface area contributed by atoms with Crippen molar-refractivity contribution in [2.45, 2.75) is 11.1 Å². The minimum absolute atomic E-state index is 0.0416. The maximum atomic E-state index is 13.6. The van der Waals surface area contributed by atoms with Crippen molar-refractivity contribution in [1.29, 1.82) is 0 Å². The molecule has 0 unspecified atom stereocenters. The van der Waals surface area contributed by atoms with Gasteiger partial charge in [-0.3, -0.25) is 14.5 Å². The molecule has 0 aliphatic carbocycles. The Hall–Kier alpha value is -4.74. The van der Waals surface area contributed by atoms with E-state index >= 15 is 0 Å². The summed E-state index contributed by atoms with van der Waals surface area (Å²) in [5.41, 5.74) is 6.28. The number of pyridine rings is 1. The van der Waals surface area contributed by atoms with Gasteiger partial charge in [-0.05, 0) is 55.6 Å². The third-order valence-corrected chi connectivity index (χ3v) is 8.65.